The van der Waals surface area contributed by atoms with Crippen molar-refractivity contribution in [3.8, 4) is 5.88 Å². The lowest BCUT2D eigenvalue weighted by Crippen LogP contribution is -2.08. The molecule has 20 heavy (non-hydrogen) atoms. The molecule has 0 saturated carbocycles. The van der Waals surface area contributed by atoms with Gasteiger partial charge in [-0.3, -0.25) is 9.78 Å². The van der Waals surface area contributed by atoms with Crippen LogP contribution >= 0.6 is 0 Å². The Bertz CT molecular complexity index is 602. The van der Waals surface area contributed by atoms with Gasteiger partial charge in [-0.25, -0.2) is 0 Å². The summed E-state index contributed by atoms with van der Waals surface area (Å²) in [6.07, 6.45) is 3.10. The quantitative estimate of drug-likeness (QED) is 0.833. The van der Waals surface area contributed by atoms with Gasteiger partial charge in [0.15, 0.2) is 0 Å². The fourth-order valence-electron chi connectivity index (χ4n) is 1.78. The Morgan fingerprint density at radius 2 is 2.05 bits per heavy atom. The molecule has 1 aromatic carbocycles. The number of hydrogen-bond acceptors (Lipinski definition) is 5. The van der Waals surface area contributed by atoms with Gasteiger partial charge in [0.25, 0.3) is 0 Å². The van der Waals surface area contributed by atoms with Crippen LogP contribution in [0, 0.1) is 0 Å². The molecule has 0 spiro atoms. The van der Waals surface area contributed by atoms with Gasteiger partial charge in [0.2, 0.25) is 5.88 Å². The van der Waals surface area contributed by atoms with E-state index in [-0.39, 0.29) is 6.42 Å². The molecule has 0 aliphatic rings. The summed E-state index contributed by atoms with van der Waals surface area (Å²) in [4.78, 5) is 19.0. The SMILES string of the molecule is COc1cncc(NCc2ccccc2CC(=O)O)n1. The third-order valence-corrected chi connectivity index (χ3v) is 2.74. The predicted molar refractivity (Wildman–Crippen MR) is 73.7 cm³/mol. The molecule has 0 unspecified atom stereocenters. The van der Waals surface area contributed by atoms with Gasteiger partial charge in [0.1, 0.15) is 5.82 Å². The third kappa shape index (κ3) is 3.68. The minimum absolute atomic E-state index is 0.00163. The number of nitrogens with one attached hydrogen (secondary N) is 1. The molecule has 2 rings (SSSR count). The molecule has 1 aromatic heterocycles. The molecular formula is C14H15N3O3. The van der Waals surface area contributed by atoms with Crippen molar-refractivity contribution < 1.29 is 14.6 Å². The molecule has 0 atom stereocenters. The molecule has 2 aromatic rings. The zero-order chi connectivity index (χ0) is 14.4. The van der Waals surface area contributed by atoms with Gasteiger partial charge in [-0.05, 0) is 11.1 Å². The summed E-state index contributed by atoms with van der Waals surface area (Å²) in [5.74, 6) is 0.155. The average Bonchev–Trinajstić information content (AvgIpc) is 2.46. The van der Waals surface area contributed by atoms with E-state index >= 15 is 0 Å². The molecule has 104 valence electrons. The highest BCUT2D eigenvalue weighted by molar-refractivity contribution is 5.70. The number of methoxy groups -OCH3 is 1. The molecule has 6 heteroatoms. The van der Waals surface area contributed by atoms with Crippen molar-refractivity contribution >= 4 is 11.8 Å². The van der Waals surface area contributed by atoms with E-state index in [9.17, 15) is 4.79 Å². The van der Waals surface area contributed by atoms with Gasteiger partial charge in [-0.1, -0.05) is 24.3 Å². The highest BCUT2D eigenvalue weighted by Gasteiger charge is 2.06. The number of aromatic nitrogens is 2. The molecule has 0 bridgehead atoms. The van der Waals surface area contributed by atoms with Gasteiger partial charge in [0, 0.05) is 6.54 Å². The Hall–Kier alpha value is -2.63. The van der Waals surface area contributed by atoms with Gasteiger partial charge in [-0.15, -0.1) is 0 Å². The Morgan fingerprint density at radius 1 is 1.30 bits per heavy atom. The van der Waals surface area contributed by atoms with Crippen molar-refractivity contribution in [2.75, 3.05) is 12.4 Å². The van der Waals surface area contributed by atoms with E-state index in [1.165, 1.54) is 13.3 Å². The number of rotatable bonds is 6. The number of benzene rings is 1. The van der Waals surface area contributed by atoms with Crippen LogP contribution in [0.25, 0.3) is 0 Å². The van der Waals surface area contributed by atoms with Crippen LogP contribution < -0.4 is 10.1 Å². The topological polar surface area (TPSA) is 84.3 Å². The first-order valence-corrected chi connectivity index (χ1v) is 6.07. The minimum atomic E-state index is -0.848. The molecule has 0 aliphatic heterocycles. The van der Waals surface area contributed by atoms with Crippen LogP contribution in [0.15, 0.2) is 36.7 Å². The van der Waals surface area contributed by atoms with Crippen LogP contribution in [-0.2, 0) is 17.8 Å². The first kappa shape index (κ1) is 13.8. The first-order valence-electron chi connectivity index (χ1n) is 6.07. The number of aliphatic carboxylic acids is 1. The van der Waals surface area contributed by atoms with Gasteiger partial charge in [0.05, 0.1) is 25.9 Å². The summed E-state index contributed by atoms with van der Waals surface area (Å²) >= 11 is 0. The van der Waals surface area contributed by atoms with Crippen molar-refractivity contribution in [2.45, 2.75) is 13.0 Å². The zero-order valence-corrected chi connectivity index (χ0v) is 11.0. The summed E-state index contributed by atoms with van der Waals surface area (Å²) in [5.41, 5.74) is 1.70. The first-order chi connectivity index (χ1) is 9.69. The molecule has 0 fully saturated rings. The monoisotopic (exact) mass is 273 g/mol. The van der Waals surface area contributed by atoms with Crippen molar-refractivity contribution in [3.05, 3.63) is 47.8 Å². The number of anilines is 1. The maximum Gasteiger partial charge on any atom is 0.307 e. The second kappa shape index (κ2) is 6.51. The molecule has 0 radical (unpaired) electrons. The van der Waals surface area contributed by atoms with E-state index in [0.29, 0.717) is 18.2 Å². The smallest absolute Gasteiger partial charge is 0.307 e. The number of nitrogens with zero attached hydrogens (tertiary/aromatic N) is 2. The van der Waals surface area contributed by atoms with Crippen molar-refractivity contribution in [2.24, 2.45) is 0 Å². The third-order valence-electron chi connectivity index (χ3n) is 2.74. The van der Waals surface area contributed by atoms with Crippen LogP contribution in [0.5, 0.6) is 5.88 Å². The van der Waals surface area contributed by atoms with Crippen molar-refractivity contribution in [3.63, 3.8) is 0 Å². The Labute approximate surface area is 116 Å². The Kier molecular flexibility index (Phi) is 4.49. The molecule has 1 heterocycles. The zero-order valence-electron chi connectivity index (χ0n) is 11.0. The lowest BCUT2D eigenvalue weighted by atomic mass is 10.0. The Balaban J connectivity index is 2.08. The number of carbonyl (C=O) groups is 1. The maximum atomic E-state index is 10.8. The fourth-order valence-corrected chi connectivity index (χ4v) is 1.78. The predicted octanol–water partition coefficient (Wildman–Crippen LogP) is 1.72. The van der Waals surface area contributed by atoms with E-state index in [2.05, 4.69) is 15.3 Å². The largest absolute Gasteiger partial charge is 0.481 e. The van der Waals surface area contributed by atoms with Crippen LogP contribution in [0.2, 0.25) is 0 Å². The maximum absolute atomic E-state index is 10.8. The molecule has 0 aliphatic carbocycles. The Morgan fingerprint density at radius 3 is 2.75 bits per heavy atom. The summed E-state index contributed by atoms with van der Waals surface area (Å²) in [7, 11) is 1.52. The van der Waals surface area contributed by atoms with Gasteiger partial charge in [-0.2, -0.15) is 4.98 Å². The van der Waals surface area contributed by atoms with E-state index in [0.717, 1.165) is 11.1 Å². The van der Waals surface area contributed by atoms with Crippen LogP contribution in [0.4, 0.5) is 5.82 Å². The molecule has 6 nitrogen and oxygen atoms in total. The van der Waals surface area contributed by atoms with Gasteiger partial charge >= 0.3 is 5.97 Å². The van der Waals surface area contributed by atoms with E-state index in [1.54, 1.807) is 6.20 Å². The summed E-state index contributed by atoms with van der Waals surface area (Å²) in [6, 6.07) is 7.40. The summed E-state index contributed by atoms with van der Waals surface area (Å²) in [6.45, 7) is 0.477. The fraction of sp³-hybridized carbons (Fsp3) is 0.214. The number of ether oxygens (including phenoxy) is 1. The van der Waals surface area contributed by atoms with Crippen LogP contribution in [0.3, 0.4) is 0 Å². The molecular weight excluding hydrogens is 258 g/mol. The standard InChI is InChI=1S/C14H15N3O3/c1-20-13-9-15-8-12(17-13)16-7-11-5-3-2-4-10(11)6-14(18)19/h2-5,8-9H,6-7H2,1H3,(H,16,17)(H,18,19). The van der Waals surface area contributed by atoms with Crippen LogP contribution in [-0.4, -0.2) is 28.2 Å². The van der Waals surface area contributed by atoms with Crippen molar-refractivity contribution in [1.29, 1.82) is 0 Å². The lowest BCUT2D eigenvalue weighted by molar-refractivity contribution is -0.136. The average molecular weight is 273 g/mol. The van der Waals surface area contributed by atoms with E-state index < -0.39 is 5.97 Å². The lowest BCUT2D eigenvalue weighted by Gasteiger charge is -2.10. The number of carboxylic acids is 1. The second-order valence-electron chi connectivity index (χ2n) is 4.14. The summed E-state index contributed by atoms with van der Waals surface area (Å²) < 4.78 is 4.99. The van der Waals surface area contributed by atoms with Gasteiger partial charge < -0.3 is 15.2 Å². The summed E-state index contributed by atoms with van der Waals surface area (Å²) in [5, 5.41) is 12.0. The number of carboxylic acid groups (broad SMARTS) is 1. The second-order valence-corrected chi connectivity index (χ2v) is 4.14. The number of hydrogen-bond donors (Lipinski definition) is 2. The molecule has 0 amide bonds. The van der Waals surface area contributed by atoms with E-state index in [1.807, 2.05) is 24.3 Å². The normalized spacial score (nSPS) is 10.1. The van der Waals surface area contributed by atoms with Crippen molar-refractivity contribution in [1.82, 2.24) is 9.97 Å². The highest BCUT2D eigenvalue weighted by atomic mass is 16.5. The highest BCUT2D eigenvalue weighted by Crippen LogP contribution is 2.13. The van der Waals surface area contributed by atoms with E-state index in [4.69, 9.17) is 9.84 Å². The molecule has 0 saturated heterocycles. The van der Waals surface area contributed by atoms with Crippen LogP contribution in [0.1, 0.15) is 11.1 Å². The molecule has 2 N–H and O–H groups in total. The minimum Gasteiger partial charge on any atom is -0.481 e.